The summed E-state index contributed by atoms with van der Waals surface area (Å²) in [4.78, 5) is 29.2. The number of hydrogen-bond donors (Lipinski definition) is 2. The third-order valence-corrected chi connectivity index (χ3v) is 3.20. The minimum absolute atomic E-state index is 0.254. The van der Waals surface area contributed by atoms with Crippen LogP contribution in [-0.2, 0) is 16.1 Å². The number of nitrogens with one attached hydrogen (secondary N) is 2. The molecule has 2 aromatic rings. The van der Waals surface area contributed by atoms with E-state index in [2.05, 4.69) is 20.8 Å². The second kappa shape index (κ2) is 8.42. The van der Waals surface area contributed by atoms with Gasteiger partial charge < -0.3 is 10.2 Å². The molecule has 2 amide bonds. The van der Waals surface area contributed by atoms with Crippen molar-refractivity contribution in [2.45, 2.75) is 6.54 Å². The van der Waals surface area contributed by atoms with Gasteiger partial charge in [0.05, 0.1) is 6.21 Å². The van der Waals surface area contributed by atoms with Gasteiger partial charge in [0.2, 0.25) is 0 Å². The maximum Gasteiger partial charge on any atom is 0.329 e. The van der Waals surface area contributed by atoms with E-state index in [1.54, 1.807) is 24.5 Å². The van der Waals surface area contributed by atoms with Gasteiger partial charge in [-0.15, -0.1) is 0 Å². The van der Waals surface area contributed by atoms with Gasteiger partial charge in [0.15, 0.2) is 0 Å². The van der Waals surface area contributed by atoms with Crippen LogP contribution in [-0.4, -0.2) is 37.1 Å². The molecule has 24 heavy (non-hydrogen) atoms. The van der Waals surface area contributed by atoms with Gasteiger partial charge in [-0.3, -0.25) is 14.6 Å². The highest BCUT2D eigenvalue weighted by atomic mass is 16.2. The molecular weight excluding hydrogens is 306 g/mol. The Balaban J connectivity index is 1.80. The lowest BCUT2D eigenvalue weighted by Gasteiger charge is -2.11. The standard InChI is InChI=1S/C17H19N5O2/c1-22(2)15-5-3-13(4-6-15)12-20-21-17(24)16(23)19-11-14-7-9-18-10-8-14/h3-10,12H,11H2,1-2H3,(H,19,23)(H,21,24)/b20-12+. The molecule has 0 radical (unpaired) electrons. The second-order valence-corrected chi connectivity index (χ2v) is 5.22. The topological polar surface area (TPSA) is 86.7 Å². The summed E-state index contributed by atoms with van der Waals surface area (Å²) in [5, 5.41) is 6.29. The molecule has 0 atom stereocenters. The van der Waals surface area contributed by atoms with Crippen LogP contribution >= 0.6 is 0 Å². The molecule has 2 rings (SSSR count). The van der Waals surface area contributed by atoms with Crippen LogP contribution in [0.2, 0.25) is 0 Å². The van der Waals surface area contributed by atoms with Crippen LogP contribution in [0.1, 0.15) is 11.1 Å². The molecule has 0 fully saturated rings. The van der Waals surface area contributed by atoms with E-state index in [9.17, 15) is 9.59 Å². The predicted molar refractivity (Wildman–Crippen MR) is 92.6 cm³/mol. The van der Waals surface area contributed by atoms with Crippen LogP contribution in [0, 0.1) is 0 Å². The van der Waals surface area contributed by atoms with Gasteiger partial charge in [0.1, 0.15) is 0 Å². The van der Waals surface area contributed by atoms with E-state index in [0.717, 1.165) is 16.8 Å². The monoisotopic (exact) mass is 325 g/mol. The molecule has 0 bridgehead atoms. The van der Waals surface area contributed by atoms with Gasteiger partial charge >= 0.3 is 11.8 Å². The number of anilines is 1. The summed E-state index contributed by atoms with van der Waals surface area (Å²) in [5.41, 5.74) is 4.94. The fraction of sp³-hybridized carbons (Fsp3) is 0.176. The number of rotatable bonds is 5. The highest BCUT2D eigenvalue weighted by Gasteiger charge is 2.11. The zero-order chi connectivity index (χ0) is 17.4. The number of amides is 2. The number of nitrogens with zero attached hydrogens (tertiary/aromatic N) is 3. The number of pyridine rings is 1. The zero-order valence-electron chi connectivity index (χ0n) is 13.6. The van der Waals surface area contributed by atoms with E-state index in [1.807, 2.05) is 43.3 Å². The van der Waals surface area contributed by atoms with E-state index in [1.165, 1.54) is 6.21 Å². The van der Waals surface area contributed by atoms with E-state index < -0.39 is 11.8 Å². The molecule has 7 nitrogen and oxygen atoms in total. The molecule has 0 aliphatic heterocycles. The van der Waals surface area contributed by atoms with Crippen LogP contribution in [0.3, 0.4) is 0 Å². The first-order valence-corrected chi connectivity index (χ1v) is 7.34. The Kier molecular flexibility index (Phi) is 6.01. The highest BCUT2D eigenvalue weighted by molar-refractivity contribution is 6.35. The first kappa shape index (κ1) is 17.1. The van der Waals surface area contributed by atoms with Gasteiger partial charge in [-0.1, -0.05) is 12.1 Å². The molecule has 0 spiro atoms. The van der Waals surface area contributed by atoms with Crippen LogP contribution in [0.4, 0.5) is 5.69 Å². The highest BCUT2D eigenvalue weighted by Crippen LogP contribution is 2.10. The molecule has 0 aliphatic carbocycles. The van der Waals surface area contributed by atoms with E-state index in [-0.39, 0.29) is 6.54 Å². The molecule has 0 unspecified atom stereocenters. The Bertz CT molecular complexity index is 712. The number of hydrogen-bond acceptors (Lipinski definition) is 5. The Morgan fingerprint density at radius 1 is 1.08 bits per heavy atom. The second-order valence-electron chi connectivity index (χ2n) is 5.22. The van der Waals surface area contributed by atoms with Gasteiger partial charge in [-0.2, -0.15) is 5.10 Å². The van der Waals surface area contributed by atoms with Crippen molar-refractivity contribution in [3.8, 4) is 0 Å². The fourth-order valence-corrected chi connectivity index (χ4v) is 1.84. The molecule has 1 aromatic carbocycles. The number of hydrazone groups is 1. The summed E-state index contributed by atoms with van der Waals surface area (Å²) >= 11 is 0. The third kappa shape index (κ3) is 5.20. The number of carbonyl (C=O) groups is 2. The van der Waals surface area contributed by atoms with Crippen LogP contribution in [0.5, 0.6) is 0 Å². The minimum atomic E-state index is -0.815. The molecular formula is C17H19N5O2. The Labute approximate surface area is 140 Å². The molecule has 1 aromatic heterocycles. The predicted octanol–water partition coefficient (Wildman–Crippen LogP) is 0.914. The fourth-order valence-electron chi connectivity index (χ4n) is 1.84. The van der Waals surface area contributed by atoms with Crippen molar-refractivity contribution in [2.24, 2.45) is 5.10 Å². The molecule has 1 heterocycles. The van der Waals surface area contributed by atoms with Gasteiger partial charge in [-0.25, -0.2) is 5.43 Å². The van der Waals surface area contributed by atoms with Crippen molar-refractivity contribution in [1.29, 1.82) is 0 Å². The van der Waals surface area contributed by atoms with Gasteiger partial charge in [0.25, 0.3) is 0 Å². The normalized spacial score (nSPS) is 10.4. The summed E-state index contributed by atoms with van der Waals surface area (Å²) < 4.78 is 0. The van der Waals surface area contributed by atoms with E-state index >= 15 is 0 Å². The van der Waals surface area contributed by atoms with E-state index in [4.69, 9.17) is 0 Å². The number of benzene rings is 1. The van der Waals surface area contributed by atoms with E-state index in [0.29, 0.717) is 0 Å². The quantitative estimate of drug-likeness (QED) is 0.486. The summed E-state index contributed by atoms with van der Waals surface area (Å²) in [5.74, 6) is -1.56. The summed E-state index contributed by atoms with van der Waals surface area (Å²) in [6, 6.07) is 11.1. The van der Waals surface area contributed by atoms with Crippen molar-refractivity contribution < 1.29 is 9.59 Å². The SMILES string of the molecule is CN(C)c1ccc(/C=N/NC(=O)C(=O)NCc2ccncc2)cc1. The molecule has 124 valence electrons. The Hall–Kier alpha value is -3.22. The lowest BCUT2D eigenvalue weighted by Crippen LogP contribution is -2.37. The lowest BCUT2D eigenvalue weighted by molar-refractivity contribution is -0.139. The smallest absolute Gasteiger partial charge is 0.329 e. The van der Waals surface area contributed by atoms with Crippen molar-refractivity contribution in [2.75, 3.05) is 19.0 Å². The largest absolute Gasteiger partial charge is 0.378 e. The maximum absolute atomic E-state index is 11.7. The van der Waals surface area contributed by atoms with Crippen molar-refractivity contribution in [1.82, 2.24) is 15.7 Å². The molecule has 0 saturated heterocycles. The Morgan fingerprint density at radius 2 is 1.75 bits per heavy atom. The molecule has 0 aliphatic rings. The van der Waals surface area contributed by atoms with Crippen molar-refractivity contribution in [3.63, 3.8) is 0 Å². The van der Waals surface area contributed by atoms with Crippen molar-refractivity contribution in [3.05, 3.63) is 59.9 Å². The van der Waals surface area contributed by atoms with Gasteiger partial charge in [-0.05, 0) is 35.4 Å². The number of aromatic nitrogens is 1. The average molecular weight is 325 g/mol. The first-order chi connectivity index (χ1) is 11.6. The average Bonchev–Trinajstić information content (AvgIpc) is 2.61. The molecule has 0 saturated carbocycles. The van der Waals surface area contributed by atoms with Crippen LogP contribution in [0.15, 0.2) is 53.9 Å². The molecule has 7 heteroatoms. The zero-order valence-corrected chi connectivity index (χ0v) is 13.6. The van der Waals surface area contributed by atoms with Crippen molar-refractivity contribution >= 4 is 23.7 Å². The van der Waals surface area contributed by atoms with Crippen LogP contribution in [0.25, 0.3) is 0 Å². The summed E-state index contributed by atoms with van der Waals surface area (Å²) in [7, 11) is 3.90. The summed E-state index contributed by atoms with van der Waals surface area (Å²) in [6.07, 6.45) is 4.72. The molecule has 2 N–H and O–H groups in total. The van der Waals surface area contributed by atoms with Gasteiger partial charge in [0, 0.05) is 38.7 Å². The lowest BCUT2D eigenvalue weighted by atomic mass is 10.2. The Morgan fingerprint density at radius 3 is 2.38 bits per heavy atom. The number of carbonyl (C=O) groups excluding carboxylic acids is 2. The van der Waals surface area contributed by atoms with Crippen LogP contribution < -0.4 is 15.6 Å². The minimum Gasteiger partial charge on any atom is -0.378 e. The summed E-state index contributed by atoms with van der Waals surface area (Å²) in [6.45, 7) is 0.254. The first-order valence-electron chi connectivity index (χ1n) is 7.34. The maximum atomic E-state index is 11.7. The third-order valence-electron chi connectivity index (χ3n) is 3.20.